The first-order chi connectivity index (χ1) is 27.5. The molecule has 0 radical (unpaired) electrons. The Hall–Kier alpha value is -1.92. The second kappa shape index (κ2) is 44.2. The van der Waals surface area contributed by atoms with Crippen LogP contribution in [0.4, 0.5) is 0 Å². The summed E-state index contributed by atoms with van der Waals surface area (Å²) in [6.45, 7) is 6.34. The number of nitrogens with one attached hydrogen (secondary N) is 1. The van der Waals surface area contributed by atoms with Gasteiger partial charge in [-0.25, -0.2) is 0 Å². The van der Waals surface area contributed by atoms with Gasteiger partial charge in [0.1, 0.15) is 6.10 Å². The van der Waals surface area contributed by atoms with Crippen molar-refractivity contribution in [1.29, 1.82) is 0 Å². The predicted molar refractivity (Wildman–Crippen MR) is 241 cm³/mol. The molecule has 0 saturated carbocycles. The average Bonchev–Trinajstić information content (AvgIpc) is 3.19. The van der Waals surface area contributed by atoms with Gasteiger partial charge in [0.25, 0.3) is 0 Å². The molecule has 0 saturated heterocycles. The van der Waals surface area contributed by atoms with Crippen LogP contribution in [0.2, 0.25) is 0 Å². The van der Waals surface area contributed by atoms with Crippen molar-refractivity contribution in [2.45, 2.75) is 264 Å². The van der Waals surface area contributed by atoms with Crippen LogP contribution in [0.3, 0.4) is 0 Å². The van der Waals surface area contributed by atoms with Gasteiger partial charge in [0.05, 0.1) is 25.2 Å². The van der Waals surface area contributed by atoms with Crippen LogP contribution in [-0.4, -0.2) is 46.9 Å². The molecular formula is C50H93NO5. The molecule has 3 unspecified atom stereocenters. The number of unbranched alkanes of at least 4 members (excludes halogenated alkanes) is 27. The van der Waals surface area contributed by atoms with E-state index >= 15 is 0 Å². The normalized spacial score (nSPS) is 13.6. The zero-order valence-corrected chi connectivity index (χ0v) is 37.3. The Kier molecular flexibility index (Phi) is 42.7. The molecule has 0 aliphatic carbocycles. The highest BCUT2D eigenvalue weighted by molar-refractivity contribution is 5.77. The highest BCUT2D eigenvalue weighted by atomic mass is 16.5. The highest BCUT2D eigenvalue weighted by Crippen LogP contribution is 2.18. The number of aliphatic hydroxyl groups is 2. The molecule has 1 amide bonds. The molecule has 3 atom stereocenters. The van der Waals surface area contributed by atoms with Crippen LogP contribution >= 0.6 is 0 Å². The van der Waals surface area contributed by atoms with Crippen LogP contribution in [0, 0.1) is 0 Å². The van der Waals surface area contributed by atoms with Crippen LogP contribution in [0.5, 0.6) is 0 Å². The van der Waals surface area contributed by atoms with E-state index in [-0.39, 0.29) is 24.9 Å². The van der Waals surface area contributed by atoms with Crippen molar-refractivity contribution in [2.24, 2.45) is 0 Å². The first kappa shape index (κ1) is 54.1. The van der Waals surface area contributed by atoms with E-state index in [0.29, 0.717) is 19.3 Å². The van der Waals surface area contributed by atoms with Gasteiger partial charge in [-0.2, -0.15) is 0 Å². The Morgan fingerprint density at radius 2 is 0.964 bits per heavy atom. The zero-order valence-electron chi connectivity index (χ0n) is 37.3. The van der Waals surface area contributed by atoms with Crippen molar-refractivity contribution in [2.75, 3.05) is 6.61 Å². The summed E-state index contributed by atoms with van der Waals surface area (Å²) in [6, 6.07) is -0.699. The largest absolute Gasteiger partial charge is 0.462 e. The molecule has 0 aromatic rings. The third-order valence-electron chi connectivity index (χ3n) is 11.0. The number of allylic oxidation sites excluding steroid dienone is 6. The molecule has 0 spiro atoms. The molecule has 0 bridgehead atoms. The van der Waals surface area contributed by atoms with Crippen molar-refractivity contribution in [3.8, 4) is 0 Å². The second-order valence-corrected chi connectivity index (χ2v) is 16.6. The Labute approximate surface area is 347 Å². The number of aliphatic hydroxyl groups excluding tert-OH is 2. The minimum Gasteiger partial charge on any atom is -0.462 e. The van der Waals surface area contributed by atoms with Gasteiger partial charge in [-0.3, -0.25) is 9.59 Å². The van der Waals surface area contributed by atoms with Gasteiger partial charge in [-0.1, -0.05) is 224 Å². The standard InChI is InChI=1S/C50H93NO5/c1-4-7-10-13-16-19-22-23-24-25-28-31-34-37-40-43-50(55)56-46(41-38-35-32-29-26-20-17-14-11-8-5-2)44-49(54)51-47(45-52)48(53)42-39-36-33-30-27-21-18-15-12-9-6-3/h7,10,13,16,19,22,46-48,52-53H,4-6,8-9,11-12,14-15,17-18,20-21,23-45H2,1-3H3,(H,51,54)/b10-7+,16-13+,22-19+. The lowest BCUT2D eigenvalue weighted by atomic mass is 10.0. The van der Waals surface area contributed by atoms with Crippen molar-refractivity contribution in [3.63, 3.8) is 0 Å². The quantitative estimate of drug-likeness (QED) is 0.0325. The van der Waals surface area contributed by atoms with E-state index in [2.05, 4.69) is 62.5 Å². The van der Waals surface area contributed by atoms with Crippen LogP contribution in [0.15, 0.2) is 36.5 Å². The van der Waals surface area contributed by atoms with E-state index in [9.17, 15) is 19.8 Å². The number of carbonyl (C=O) groups is 2. The number of ether oxygens (including phenoxy) is 1. The van der Waals surface area contributed by atoms with Crippen LogP contribution in [-0.2, 0) is 14.3 Å². The third kappa shape index (κ3) is 38.9. The summed E-state index contributed by atoms with van der Waals surface area (Å²) in [7, 11) is 0. The molecular weight excluding hydrogens is 695 g/mol. The molecule has 6 heteroatoms. The summed E-state index contributed by atoms with van der Waals surface area (Å²) >= 11 is 0. The minimum atomic E-state index is -0.785. The number of carbonyl (C=O) groups excluding carboxylic acids is 2. The van der Waals surface area contributed by atoms with Gasteiger partial charge in [0.2, 0.25) is 5.91 Å². The maximum atomic E-state index is 13.1. The van der Waals surface area contributed by atoms with E-state index in [0.717, 1.165) is 64.2 Å². The van der Waals surface area contributed by atoms with E-state index in [4.69, 9.17) is 4.74 Å². The van der Waals surface area contributed by atoms with Crippen LogP contribution in [0.1, 0.15) is 245 Å². The Bertz CT molecular complexity index is 930. The fraction of sp³-hybridized carbons (Fsp3) is 0.840. The molecule has 328 valence electrons. The summed E-state index contributed by atoms with van der Waals surface area (Å²) in [6.07, 6.45) is 50.6. The van der Waals surface area contributed by atoms with E-state index < -0.39 is 18.2 Å². The van der Waals surface area contributed by atoms with Crippen LogP contribution < -0.4 is 5.32 Å². The Morgan fingerprint density at radius 1 is 0.536 bits per heavy atom. The molecule has 3 N–H and O–H groups in total. The topological polar surface area (TPSA) is 95.9 Å². The van der Waals surface area contributed by atoms with Gasteiger partial charge in [-0.05, 0) is 44.9 Å². The zero-order chi connectivity index (χ0) is 41.0. The monoisotopic (exact) mass is 788 g/mol. The predicted octanol–water partition coefficient (Wildman–Crippen LogP) is 14.1. The van der Waals surface area contributed by atoms with E-state index in [1.807, 2.05) is 0 Å². The van der Waals surface area contributed by atoms with Crippen molar-refractivity contribution >= 4 is 11.9 Å². The fourth-order valence-electron chi connectivity index (χ4n) is 7.37. The first-order valence-electron chi connectivity index (χ1n) is 24.2. The molecule has 56 heavy (non-hydrogen) atoms. The number of hydrogen-bond donors (Lipinski definition) is 3. The summed E-state index contributed by atoms with van der Waals surface area (Å²) in [5, 5.41) is 23.7. The lowest BCUT2D eigenvalue weighted by molar-refractivity contribution is -0.151. The maximum absolute atomic E-state index is 13.1. The summed E-state index contributed by atoms with van der Waals surface area (Å²) < 4.78 is 5.91. The molecule has 0 heterocycles. The number of esters is 1. The summed E-state index contributed by atoms with van der Waals surface area (Å²) in [4.78, 5) is 26.0. The Morgan fingerprint density at radius 3 is 1.45 bits per heavy atom. The maximum Gasteiger partial charge on any atom is 0.306 e. The van der Waals surface area contributed by atoms with Crippen molar-refractivity contribution in [1.82, 2.24) is 5.32 Å². The fourth-order valence-corrected chi connectivity index (χ4v) is 7.37. The molecule has 0 rings (SSSR count). The second-order valence-electron chi connectivity index (χ2n) is 16.6. The third-order valence-corrected chi connectivity index (χ3v) is 11.0. The van der Waals surface area contributed by atoms with Crippen molar-refractivity contribution < 1.29 is 24.5 Å². The summed E-state index contributed by atoms with van der Waals surface area (Å²) in [5.74, 6) is -0.480. The van der Waals surface area contributed by atoms with Gasteiger partial charge in [0.15, 0.2) is 0 Å². The SMILES string of the molecule is CC/C=C/C=C/C=C/CCCCCCCCCC(=O)OC(CCCCCCCCCCCCC)CC(=O)NC(CO)C(O)CCCCCCCCCCCCC. The van der Waals surface area contributed by atoms with Crippen molar-refractivity contribution in [3.05, 3.63) is 36.5 Å². The molecule has 0 fully saturated rings. The molecule has 0 aromatic carbocycles. The minimum absolute atomic E-state index is 0.0759. The lowest BCUT2D eigenvalue weighted by Crippen LogP contribution is -2.46. The smallest absolute Gasteiger partial charge is 0.306 e. The first-order valence-corrected chi connectivity index (χ1v) is 24.2. The van der Waals surface area contributed by atoms with E-state index in [1.165, 1.54) is 135 Å². The van der Waals surface area contributed by atoms with E-state index in [1.54, 1.807) is 0 Å². The molecule has 6 nitrogen and oxygen atoms in total. The van der Waals surface area contributed by atoms with Gasteiger partial charge in [-0.15, -0.1) is 0 Å². The van der Waals surface area contributed by atoms with Gasteiger partial charge < -0.3 is 20.3 Å². The van der Waals surface area contributed by atoms with Crippen LogP contribution in [0.25, 0.3) is 0 Å². The number of hydrogen-bond acceptors (Lipinski definition) is 5. The highest BCUT2D eigenvalue weighted by Gasteiger charge is 2.24. The average molecular weight is 788 g/mol. The lowest BCUT2D eigenvalue weighted by Gasteiger charge is -2.24. The molecule has 0 aromatic heterocycles. The Balaban J connectivity index is 4.55. The summed E-state index contributed by atoms with van der Waals surface area (Å²) in [5.41, 5.74) is 0. The van der Waals surface area contributed by atoms with Gasteiger partial charge in [0, 0.05) is 6.42 Å². The number of amides is 1. The van der Waals surface area contributed by atoms with Gasteiger partial charge >= 0.3 is 5.97 Å². The molecule has 0 aliphatic heterocycles. The number of rotatable bonds is 43. The molecule has 0 aliphatic rings.